The summed E-state index contributed by atoms with van der Waals surface area (Å²) >= 11 is 0. The number of benzene rings is 2. The van der Waals surface area contributed by atoms with Gasteiger partial charge in [0.1, 0.15) is 0 Å². The first-order valence-corrected chi connectivity index (χ1v) is 10.9. The van der Waals surface area contributed by atoms with Crippen LogP contribution >= 0.6 is 0 Å². The Morgan fingerprint density at radius 1 is 0.929 bits per heavy atom. The molecule has 1 heterocycles. The van der Waals surface area contributed by atoms with Crippen LogP contribution in [0, 0.1) is 17.8 Å². The minimum atomic E-state index is 0.0328. The molecular weight excluding hydrogens is 344 g/mol. The number of carbonyl (C=O) groups is 1. The third-order valence-electron chi connectivity index (χ3n) is 7.14. The molecule has 3 nitrogen and oxygen atoms in total. The van der Waals surface area contributed by atoms with E-state index in [9.17, 15) is 4.79 Å². The van der Waals surface area contributed by atoms with Crippen molar-refractivity contribution in [2.45, 2.75) is 44.2 Å². The van der Waals surface area contributed by atoms with Gasteiger partial charge in [0.05, 0.1) is 5.92 Å². The summed E-state index contributed by atoms with van der Waals surface area (Å²) < 4.78 is 0. The number of carbonyl (C=O) groups excluding carboxylic acids is 1. The highest BCUT2D eigenvalue weighted by molar-refractivity contribution is 5.84. The lowest BCUT2D eigenvalue weighted by Gasteiger charge is -2.25. The van der Waals surface area contributed by atoms with Crippen molar-refractivity contribution in [1.82, 2.24) is 10.2 Å². The number of hydrogen-bond acceptors (Lipinski definition) is 2. The summed E-state index contributed by atoms with van der Waals surface area (Å²) in [7, 11) is 0. The highest BCUT2D eigenvalue weighted by Crippen LogP contribution is 2.47. The molecule has 0 radical (unpaired) electrons. The molecule has 0 spiro atoms. The second-order valence-corrected chi connectivity index (χ2v) is 8.97. The van der Waals surface area contributed by atoms with Crippen LogP contribution in [0.4, 0.5) is 0 Å². The molecule has 3 fully saturated rings. The van der Waals surface area contributed by atoms with E-state index >= 15 is 0 Å². The summed E-state index contributed by atoms with van der Waals surface area (Å²) in [5.74, 6) is 2.11. The molecule has 1 amide bonds. The number of nitrogens with one attached hydrogen (secondary N) is 1. The molecule has 1 saturated heterocycles. The normalized spacial score (nSPS) is 28.1. The van der Waals surface area contributed by atoms with Crippen LogP contribution in [0.3, 0.4) is 0 Å². The van der Waals surface area contributed by atoms with Gasteiger partial charge in [-0.15, -0.1) is 0 Å². The minimum Gasteiger partial charge on any atom is -0.352 e. The molecule has 2 unspecified atom stereocenters. The van der Waals surface area contributed by atoms with Gasteiger partial charge in [0.25, 0.3) is 0 Å². The predicted octanol–water partition coefficient (Wildman–Crippen LogP) is 4.21. The van der Waals surface area contributed by atoms with E-state index < -0.39 is 0 Å². The van der Waals surface area contributed by atoms with E-state index in [1.54, 1.807) is 0 Å². The van der Waals surface area contributed by atoms with Gasteiger partial charge >= 0.3 is 0 Å². The second-order valence-electron chi connectivity index (χ2n) is 8.97. The quantitative estimate of drug-likeness (QED) is 0.822. The van der Waals surface area contributed by atoms with Gasteiger partial charge in [0, 0.05) is 25.7 Å². The topological polar surface area (TPSA) is 32.3 Å². The van der Waals surface area contributed by atoms with E-state index in [0.717, 1.165) is 19.6 Å². The summed E-state index contributed by atoms with van der Waals surface area (Å²) in [4.78, 5) is 15.8. The average Bonchev–Trinajstić information content (AvgIpc) is 3.13. The van der Waals surface area contributed by atoms with Crippen LogP contribution in [-0.2, 0) is 11.3 Å². The Kier molecular flexibility index (Phi) is 4.94. The number of rotatable bonds is 6. The average molecular weight is 375 g/mol. The molecular formula is C25H30N2O. The number of nitrogens with zero attached hydrogens (tertiary/aromatic N) is 1. The number of amides is 1. The largest absolute Gasteiger partial charge is 0.352 e. The Morgan fingerprint density at radius 2 is 1.54 bits per heavy atom. The maximum atomic E-state index is 13.3. The summed E-state index contributed by atoms with van der Waals surface area (Å²) in [5.41, 5.74) is 2.58. The fraction of sp³-hybridized carbons (Fsp3) is 0.480. The maximum Gasteiger partial charge on any atom is 0.228 e. The van der Waals surface area contributed by atoms with Crippen LogP contribution in [0.5, 0.6) is 0 Å². The zero-order valence-corrected chi connectivity index (χ0v) is 16.5. The molecule has 1 aliphatic heterocycles. The molecule has 2 aliphatic carbocycles. The van der Waals surface area contributed by atoms with Crippen molar-refractivity contribution in [3.63, 3.8) is 0 Å². The minimum absolute atomic E-state index is 0.0328. The van der Waals surface area contributed by atoms with Crippen molar-refractivity contribution in [3.8, 4) is 0 Å². The molecule has 28 heavy (non-hydrogen) atoms. The third-order valence-corrected chi connectivity index (χ3v) is 7.14. The van der Waals surface area contributed by atoms with Crippen LogP contribution in [-0.4, -0.2) is 29.9 Å². The predicted molar refractivity (Wildman–Crippen MR) is 112 cm³/mol. The Balaban J connectivity index is 1.19. The number of fused-ring (bicyclic) bond motifs is 1. The molecule has 146 valence electrons. The lowest BCUT2D eigenvalue weighted by atomic mass is 9.84. The lowest BCUT2D eigenvalue weighted by molar-refractivity contribution is -0.124. The monoisotopic (exact) mass is 374 g/mol. The van der Waals surface area contributed by atoms with Gasteiger partial charge in [-0.05, 0) is 41.7 Å². The highest BCUT2D eigenvalue weighted by atomic mass is 16.2. The molecule has 2 saturated carbocycles. The third kappa shape index (κ3) is 3.60. The Morgan fingerprint density at radius 3 is 2.18 bits per heavy atom. The smallest absolute Gasteiger partial charge is 0.228 e. The van der Waals surface area contributed by atoms with E-state index in [4.69, 9.17) is 0 Å². The fourth-order valence-electron chi connectivity index (χ4n) is 5.64. The van der Waals surface area contributed by atoms with Crippen molar-refractivity contribution in [2.75, 3.05) is 13.1 Å². The fourth-order valence-corrected chi connectivity index (χ4v) is 5.64. The number of hydrogen-bond donors (Lipinski definition) is 1. The van der Waals surface area contributed by atoms with Gasteiger partial charge in [0.15, 0.2) is 0 Å². The Labute approximate surface area is 168 Å². The van der Waals surface area contributed by atoms with E-state index in [-0.39, 0.29) is 11.8 Å². The first-order chi connectivity index (χ1) is 13.8. The van der Waals surface area contributed by atoms with E-state index in [1.165, 1.54) is 36.8 Å². The summed E-state index contributed by atoms with van der Waals surface area (Å²) in [6, 6.07) is 21.6. The molecule has 4 atom stereocenters. The number of likely N-dealkylation sites (tertiary alicyclic amines) is 1. The van der Waals surface area contributed by atoms with Gasteiger partial charge in [-0.1, -0.05) is 73.5 Å². The molecule has 5 rings (SSSR count). The molecule has 0 bridgehead atoms. The molecule has 2 aromatic rings. The Hall–Kier alpha value is -2.13. The molecule has 1 N–H and O–H groups in total. The van der Waals surface area contributed by atoms with Crippen LogP contribution < -0.4 is 5.32 Å². The molecule has 3 aliphatic rings. The van der Waals surface area contributed by atoms with Gasteiger partial charge < -0.3 is 5.32 Å². The van der Waals surface area contributed by atoms with Crippen LogP contribution in [0.1, 0.15) is 42.7 Å². The van der Waals surface area contributed by atoms with Gasteiger partial charge in [-0.2, -0.15) is 0 Å². The SMILES string of the molecule is O=C(NC1C2CN(Cc3ccccc3)C[C@@H]21)[C@H](c1ccccc1)C1CCCC1. The van der Waals surface area contributed by atoms with Crippen LogP contribution in [0.2, 0.25) is 0 Å². The van der Waals surface area contributed by atoms with Gasteiger partial charge in [-0.3, -0.25) is 9.69 Å². The first kappa shape index (κ1) is 17.9. The summed E-state index contributed by atoms with van der Waals surface area (Å²) in [6.45, 7) is 3.26. The van der Waals surface area contributed by atoms with Crippen LogP contribution in [0.15, 0.2) is 60.7 Å². The second kappa shape index (κ2) is 7.71. The van der Waals surface area contributed by atoms with Crippen molar-refractivity contribution >= 4 is 5.91 Å². The zero-order valence-electron chi connectivity index (χ0n) is 16.5. The van der Waals surface area contributed by atoms with Gasteiger partial charge in [0.2, 0.25) is 5.91 Å². The van der Waals surface area contributed by atoms with Gasteiger partial charge in [-0.25, -0.2) is 0 Å². The summed E-state index contributed by atoms with van der Waals surface area (Å²) in [5, 5.41) is 3.45. The lowest BCUT2D eigenvalue weighted by Crippen LogP contribution is -2.38. The standard InChI is InChI=1S/C25H30N2O/c28-25(23(20-13-7-8-14-20)19-11-5-2-6-12-19)26-24-21-16-27(17-22(21)24)15-18-9-3-1-4-10-18/h1-6,9-12,20-24H,7-8,13-17H2,(H,26,28)/t21-,22?,23+,24?/m0/s1. The molecule has 3 heteroatoms. The molecule has 0 aromatic heterocycles. The van der Waals surface area contributed by atoms with Crippen LogP contribution in [0.25, 0.3) is 0 Å². The number of piperidine rings is 1. The van der Waals surface area contributed by atoms with Crippen molar-refractivity contribution in [3.05, 3.63) is 71.8 Å². The van der Waals surface area contributed by atoms with Crippen molar-refractivity contribution < 1.29 is 4.79 Å². The zero-order chi connectivity index (χ0) is 18.9. The Bertz CT molecular complexity index is 788. The van der Waals surface area contributed by atoms with E-state index in [1.807, 2.05) is 6.07 Å². The van der Waals surface area contributed by atoms with E-state index in [2.05, 4.69) is 64.8 Å². The first-order valence-electron chi connectivity index (χ1n) is 10.9. The molecule has 2 aromatic carbocycles. The van der Waals surface area contributed by atoms with E-state index in [0.29, 0.717) is 23.8 Å². The maximum absolute atomic E-state index is 13.3. The van der Waals surface area contributed by atoms with Crippen molar-refractivity contribution in [2.24, 2.45) is 17.8 Å². The van der Waals surface area contributed by atoms with Crippen molar-refractivity contribution in [1.29, 1.82) is 0 Å². The summed E-state index contributed by atoms with van der Waals surface area (Å²) in [6.07, 6.45) is 4.92. The highest BCUT2D eigenvalue weighted by Gasteiger charge is 2.56.